The quantitative estimate of drug-likeness (QED) is 0.795. The van der Waals surface area contributed by atoms with E-state index in [2.05, 4.69) is 26.2 Å². The molecule has 1 aromatic carbocycles. The van der Waals surface area contributed by atoms with Gasteiger partial charge in [-0.25, -0.2) is 4.79 Å². The van der Waals surface area contributed by atoms with E-state index in [1.54, 1.807) is 12.1 Å². The molecule has 0 saturated heterocycles. The molecule has 80 valence electrons. The highest BCUT2D eigenvalue weighted by molar-refractivity contribution is 6.89. The highest BCUT2D eigenvalue weighted by Gasteiger charge is 2.22. The molecule has 0 heterocycles. The fraction of sp³-hybridized carbons (Fsp3) is 0.250. The SMILES string of the molecule is C=Cc1c(C(=O)O)cccc1[Si](C)(C)C. The molecule has 0 radical (unpaired) electrons. The van der Waals surface area contributed by atoms with E-state index in [4.69, 9.17) is 5.11 Å². The van der Waals surface area contributed by atoms with Crippen LogP contribution >= 0.6 is 0 Å². The van der Waals surface area contributed by atoms with Gasteiger partial charge >= 0.3 is 5.97 Å². The lowest BCUT2D eigenvalue weighted by Crippen LogP contribution is -2.40. The maximum atomic E-state index is 11.0. The van der Waals surface area contributed by atoms with Crippen LogP contribution in [0.15, 0.2) is 24.8 Å². The van der Waals surface area contributed by atoms with Gasteiger partial charge in [0, 0.05) is 0 Å². The third kappa shape index (κ3) is 2.36. The molecule has 0 aliphatic heterocycles. The van der Waals surface area contributed by atoms with Crippen LogP contribution in [-0.2, 0) is 0 Å². The number of carboxylic acids is 1. The summed E-state index contributed by atoms with van der Waals surface area (Å²) in [6.45, 7) is 10.3. The minimum atomic E-state index is -1.51. The van der Waals surface area contributed by atoms with E-state index < -0.39 is 14.0 Å². The minimum Gasteiger partial charge on any atom is -0.478 e. The molecule has 2 nitrogen and oxygen atoms in total. The van der Waals surface area contributed by atoms with Crippen LogP contribution in [0.4, 0.5) is 0 Å². The highest BCUT2D eigenvalue weighted by atomic mass is 28.3. The molecule has 0 aromatic heterocycles. The Morgan fingerprint density at radius 2 is 2.00 bits per heavy atom. The number of benzene rings is 1. The van der Waals surface area contributed by atoms with Gasteiger partial charge in [-0.15, -0.1) is 0 Å². The van der Waals surface area contributed by atoms with Crippen LogP contribution in [-0.4, -0.2) is 19.1 Å². The van der Waals surface area contributed by atoms with Crippen LogP contribution in [0.5, 0.6) is 0 Å². The fourth-order valence-electron chi connectivity index (χ4n) is 1.63. The van der Waals surface area contributed by atoms with Crippen molar-refractivity contribution in [3.05, 3.63) is 35.9 Å². The van der Waals surface area contributed by atoms with E-state index in [1.807, 2.05) is 12.1 Å². The fourth-order valence-corrected chi connectivity index (χ4v) is 3.27. The van der Waals surface area contributed by atoms with Gasteiger partial charge in [0.15, 0.2) is 0 Å². The Morgan fingerprint density at radius 3 is 2.40 bits per heavy atom. The standard InChI is InChI=1S/C12H16O2Si/c1-5-9-10(12(13)14)7-6-8-11(9)15(2,3)4/h5-8H,1H2,2-4H3,(H,13,14). The first-order chi connectivity index (χ1) is 6.88. The number of carbonyl (C=O) groups is 1. The largest absolute Gasteiger partial charge is 0.478 e. The molecule has 0 aliphatic rings. The molecule has 0 fully saturated rings. The van der Waals surface area contributed by atoms with E-state index in [0.717, 1.165) is 10.8 Å². The second kappa shape index (κ2) is 4.02. The van der Waals surface area contributed by atoms with Crippen LogP contribution in [0, 0.1) is 0 Å². The van der Waals surface area contributed by atoms with E-state index in [-0.39, 0.29) is 0 Å². The first kappa shape index (κ1) is 11.7. The van der Waals surface area contributed by atoms with Gasteiger partial charge in [0.05, 0.1) is 13.6 Å². The average molecular weight is 220 g/mol. The second-order valence-corrected chi connectivity index (χ2v) is 9.56. The Bertz CT molecular complexity index is 403. The molecule has 1 N–H and O–H groups in total. The molecular formula is C12H16O2Si. The molecule has 0 bridgehead atoms. The molecule has 0 spiro atoms. The number of hydrogen-bond acceptors (Lipinski definition) is 1. The summed E-state index contributed by atoms with van der Waals surface area (Å²) in [5.74, 6) is -0.884. The van der Waals surface area contributed by atoms with Crippen molar-refractivity contribution < 1.29 is 9.90 Å². The third-order valence-electron chi connectivity index (χ3n) is 2.35. The van der Waals surface area contributed by atoms with Gasteiger partial charge < -0.3 is 5.11 Å². The maximum absolute atomic E-state index is 11.0. The average Bonchev–Trinajstić information content (AvgIpc) is 2.15. The summed E-state index contributed by atoms with van der Waals surface area (Å²) in [4.78, 5) is 11.0. The summed E-state index contributed by atoms with van der Waals surface area (Å²) in [5, 5.41) is 10.2. The van der Waals surface area contributed by atoms with E-state index in [0.29, 0.717) is 5.56 Å². The van der Waals surface area contributed by atoms with Gasteiger partial charge in [-0.2, -0.15) is 0 Å². The van der Waals surface area contributed by atoms with Crippen molar-refractivity contribution in [3.8, 4) is 0 Å². The van der Waals surface area contributed by atoms with Crippen LogP contribution in [0.25, 0.3) is 6.08 Å². The zero-order valence-corrected chi connectivity index (χ0v) is 10.4. The summed E-state index contributed by atoms with van der Waals surface area (Å²) < 4.78 is 0. The smallest absolute Gasteiger partial charge is 0.336 e. The number of carboxylic acid groups (broad SMARTS) is 1. The zero-order valence-electron chi connectivity index (χ0n) is 9.37. The first-order valence-electron chi connectivity index (χ1n) is 4.87. The summed E-state index contributed by atoms with van der Waals surface area (Å²) >= 11 is 0. The van der Waals surface area contributed by atoms with Crippen molar-refractivity contribution in [2.24, 2.45) is 0 Å². The molecule has 15 heavy (non-hydrogen) atoms. The molecule has 0 atom stereocenters. The Labute approximate surface area is 91.3 Å². The van der Waals surface area contributed by atoms with Gasteiger partial charge in [-0.1, -0.05) is 49.6 Å². The lowest BCUT2D eigenvalue weighted by Gasteiger charge is -2.20. The lowest BCUT2D eigenvalue weighted by molar-refractivity contribution is 0.0697. The minimum absolute atomic E-state index is 0.352. The first-order valence-corrected chi connectivity index (χ1v) is 8.37. The highest BCUT2D eigenvalue weighted by Crippen LogP contribution is 2.13. The summed E-state index contributed by atoms with van der Waals surface area (Å²) in [6.07, 6.45) is 1.65. The van der Waals surface area contributed by atoms with E-state index >= 15 is 0 Å². The Morgan fingerprint density at radius 1 is 1.40 bits per heavy atom. The Kier molecular flexibility index (Phi) is 3.14. The Hall–Kier alpha value is -1.35. The van der Waals surface area contributed by atoms with Crippen molar-refractivity contribution in [3.63, 3.8) is 0 Å². The number of aromatic carboxylic acids is 1. The predicted molar refractivity (Wildman–Crippen MR) is 66.5 cm³/mol. The normalized spacial score (nSPS) is 11.1. The van der Waals surface area contributed by atoms with E-state index in [9.17, 15) is 4.79 Å². The molecule has 1 aromatic rings. The lowest BCUT2D eigenvalue weighted by atomic mass is 10.1. The van der Waals surface area contributed by atoms with Crippen molar-refractivity contribution in [1.29, 1.82) is 0 Å². The van der Waals surface area contributed by atoms with Gasteiger partial charge in [0.25, 0.3) is 0 Å². The van der Waals surface area contributed by atoms with Crippen molar-refractivity contribution in [1.82, 2.24) is 0 Å². The van der Waals surface area contributed by atoms with Crippen molar-refractivity contribution in [2.45, 2.75) is 19.6 Å². The van der Waals surface area contributed by atoms with Gasteiger partial charge in [-0.3, -0.25) is 0 Å². The van der Waals surface area contributed by atoms with Crippen molar-refractivity contribution >= 4 is 25.3 Å². The second-order valence-electron chi connectivity index (χ2n) is 4.53. The molecule has 1 rings (SSSR count). The van der Waals surface area contributed by atoms with Crippen molar-refractivity contribution in [2.75, 3.05) is 0 Å². The molecular weight excluding hydrogens is 204 g/mol. The zero-order chi connectivity index (χ0) is 11.6. The van der Waals surface area contributed by atoms with Gasteiger partial charge in [-0.05, 0) is 11.6 Å². The van der Waals surface area contributed by atoms with E-state index in [1.165, 1.54) is 0 Å². The summed E-state index contributed by atoms with van der Waals surface area (Å²) in [6, 6.07) is 5.45. The molecule has 0 saturated carbocycles. The van der Waals surface area contributed by atoms with Crippen LogP contribution in [0.1, 0.15) is 15.9 Å². The molecule has 3 heteroatoms. The Balaban J connectivity index is 3.48. The predicted octanol–water partition coefficient (Wildman–Crippen LogP) is 2.57. The number of rotatable bonds is 3. The molecule has 0 amide bonds. The van der Waals surface area contributed by atoms with Crippen LogP contribution in [0.3, 0.4) is 0 Å². The monoisotopic (exact) mass is 220 g/mol. The topological polar surface area (TPSA) is 37.3 Å². The molecule has 0 unspecified atom stereocenters. The number of hydrogen-bond donors (Lipinski definition) is 1. The van der Waals surface area contributed by atoms with Crippen LogP contribution < -0.4 is 5.19 Å². The van der Waals surface area contributed by atoms with Gasteiger partial charge in [0.2, 0.25) is 0 Å². The summed E-state index contributed by atoms with van der Waals surface area (Å²) in [7, 11) is -1.51. The third-order valence-corrected chi connectivity index (χ3v) is 4.40. The molecule has 0 aliphatic carbocycles. The van der Waals surface area contributed by atoms with Gasteiger partial charge in [0.1, 0.15) is 0 Å². The summed E-state index contributed by atoms with van der Waals surface area (Å²) in [5.41, 5.74) is 1.13. The maximum Gasteiger partial charge on any atom is 0.336 e. The van der Waals surface area contributed by atoms with Crippen LogP contribution in [0.2, 0.25) is 19.6 Å².